The molecule has 0 aliphatic carbocycles. The summed E-state index contributed by atoms with van der Waals surface area (Å²) in [6.45, 7) is 5.47. The lowest BCUT2D eigenvalue weighted by Crippen LogP contribution is -2.17. The van der Waals surface area contributed by atoms with Crippen LogP contribution in [0.1, 0.15) is 27.4 Å². The van der Waals surface area contributed by atoms with Gasteiger partial charge in [0.1, 0.15) is 11.3 Å². The number of hydrogen-bond donors (Lipinski definition) is 2. The average molecular weight is 436 g/mol. The number of fused-ring (bicyclic) bond motifs is 1. The normalized spacial score (nSPS) is 11.5. The van der Waals surface area contributed by atoms with E-state index in [0.717, 1.165) is 5.56 Å². The molecule has 4 rings (SSSR count). The number of carbonyl (C=O) groups excluding carboxylic acids is 1. The van der Waals surface area contributed by atoms with Crippen LogP contribution in [0.2, 0.25) is 0 Å². The van der Waals surface area contributed by atoms with Gasteiger partial charge < -0.3 is 5.32 Å². The van der Waals surface area contributed by atoms with Gasteiger partial charge in [-0.1, -0.05) is 0 Å². The molecule has 2 N–H and O–H groups in total. The minimum atomic E-state index is -3.86. The number of nitrogens with one attached hydrogen (secondary N) is 2. The fourth-order valence-electron chi connectivity index (χ4n) is 3.12. The predicted octanol–water partition coefficient (Wildman–Crippen LogP) is 3.10. The summed E-state index contributed by atoms with van der Waals surface area (Å²) in [5.41, 5.74) is 3.86. The predicted molar refractivity (Wildman–Crippen MR) is 117 cm³/mol. The van der Waals surface area contributed by atoms with Crippen molar-refractivity contribution in [3.8, 4) is 0 Å². The highest BCUT2D eigenvalue weighted by Gasteiger charge is 2.18. The van der Waals surface area contributed by atoms with Gasteiger partial charge in [0.05, 0.1) is 10.6 Å². The zero-order valence-corrected chi connectivity index (χ0v) is 17.9. The molecule has 0 saturated carbocycles. The first-order chi connectivity index (χ1) is 14.7. The highest BCUT2D eigenvalue weighted by atomic mass is 32.2. The Labute approximate surface area is 179 Å². The first-order valence-corrected chi connectivity index (χ1v) is 10.9. The molecule has 0 aliphatic heterocycles. The molecule has 4 aromatic rings. The Morgan fingerprint density at radius 3 is 2.45 bits per heavy atom. The van der Waals surface area contributed by atoms with Crippen LogP contribution in [-0.4, -0.2) is 33.7 Å². The van der Waals surface area contributed by atoms with Crippen molar-refractivity contribution in [2.45, 2.75) is 25.7 Å². The lowest BCUT2D eigenvalue weighted by atomic mass is 10.2. The summed E-state index contributed by atoms with van der Waals surface area (Å²) in [4.78, 5) is 25.2. The molecule has 3 aromatic heterocycles. The molecule has 10 heteroatoms. The number of sulfonamides is 1. The number of aryl methyl sites for hydroxylation is 3. The number of pyridine rings is 1. The molecular weight excluding hydrogens is 416 g/mol. The van der Waals surface area contributed by atoms with Crippen LogP contribution in [0, 0.1) is 20.8 Å². The van der Waals surface area contributed by atoms with Gasteiger partial charge in [-0.15, -0.1) is 0 Å². The molecule has 1 amide bonds. The van der Waals surface area contributed by atoms with Crippen LogP contribution < -0.4 is 10.0 Å². The summed E-state index contributed by atoms with van der Waals surface area (Å²) in [5, 5.41) is 2.79. The Morgan fingerprint density at radius 2 is 1.74 bits per heavy atom. The minimum absolute atomic E-state index is 0.00398. The Hall–Kier alpha value is -3.79. The van der Waals surface area contributed by atoms with Gasteiger partial charge in [-0.25, -0.2) is 28.1 Å². The van der Waals surface area contributed by atoms with E-state index in [1.165, 1.54) is 30.5 Å². The van der Waals surface area contributed by atoms with Gasteiger partial charge in [-0.05, 0) is 68.8 Å². The molecule has 9 nitrogen and oxygen atoms in total. The van der Waals surface area contributed by atoms with E-state index in [2.05, 4.69) is 25.0 Å². The number of hydrogen-bond acceptors (Lipinski definition) is 6. The maximum atomic E-state index is 12.8. The van der Waals surface area contributed by atoms with E-state index in [9.17, 15) is 13.2 Å². The zero-order chi connectivity index (χ0) is 22.2. The van der Waals surface area contributed by atoms with Gasteiger partial charge in [0.25, 0.3) is 15.9 Å². The average Bonchev–Trinajstić information content (AvgIpc) is 3.03. The van der Waals surface area contributed by atoms with Crippen molar-refractivity contribution >= 4 is 33.2 Å². The highest BCUT2D eigenvalue weighted by molar-refractivity contribution is 7.92. The number of amides is 1. The molecule has 0 fully saturated rings. The van der Waals surface area contributed by atoms with Gasteiger partial charge >= 0.3 is 0 Å². The van der Waals surface area contributed by atoms with Gasteiger partial charge in [-0.3, -0.25) is 9.20 Å². The summed E-state index contributed by atoms with van der Waals surface area (Å²) < 4.78 is 29.2. The van der Waals surface area contributed by atoms with E-state index >= 15 is 0 Å². The summed E-state index contributed by atoms with van der Waals surface area (Å²) >= 11 is 0. The van der Waals surface area contributed by atoms with Gasteiger partial charge in [0.2, 0.25) is 5.95 Å². The number of nitrogens with zero attached hydrogens (tertiary/aromatic N) is 4. The number of anilines is 2. The largest absolute Gasteiger partial charge is 0.321 e. The summed E-state index contributed by atoms with van der Waals surface area (Å²) in [6, 6.07) is 11.3. The van der Waals surface area contributed by atoms with Crippen LogP contribution in [0.25, 0.3) is 5.65 Å². The maximum Gasteiger partial charge on any atom is 0.274 e. The second-order valence-corrected chi connectivity index (χ2v) is 8.77. The SMILES string of the molecule is Cc1ccn2c(C(=O)Nc3ccc(S(=O)(=O)Nc4nccc(C)n4)cc3)c(C)nc2c1. The quantitative estimate of drug-likeness (QED) is 0.496. The van der Waals surface area contributed by atoms with Crippen LogP contribution in [0.15, 0.2) is 59.8 Å². The number of imidazole rings is 1. The Kier molecular flexibility index (Phi) is 5.15. The Morgan fingerprint density at radius 1 is 1.00 bits per heavy atom. The fourth-order valence-corrected chi connectivity index (χ4v) is 4.07. The van der Waals surface area contributed by atoms with Gasteiger partial charge in [-0.2, -0.15) is 0 Å². The standard InChI is InChI=1S/C21H20N6O3S/c1-13-9-11-27-18(12-13)24-15(3)19(27)20(28)25-16-4-6-17(7-5-16)31(29,30)26-21-22-10-8-14(2)23-21/h4-12H,1-3H3,(H,25,28)(H,22,23,26). The van der Waals surface area contributed by atoms with Gasteiger partial charge in [0, 0.05) is 23.8 Å². The second-order valence-electron chi connectivity index (χ2n) is 7.08. The first kappa shape index (κ1) is 20.5. The molecule has 0 saturated heterocycles. The molecule has 0 bridgehead atoms. The van der Waals surface area contributed by atoms with E-state index in [1.807, 2.05) is 19.1 Å². The van der Waals surface area contributed by atoms with E-state index in [-0.39, 0.29) is 16.8 Å². The fraction of sp³-hybridized carbons (Fsp3) is 0.143. The molecular formula is C21H20N6O3S. The molecule has 3 heterocycles. The van der Waals surface area contributed by atoms with Crippen LogP contribution in [0.5, 0.6) is 0 Å². The summed E-state index contributed by atoms with van der Waals surface area (Å²) in [5.74, 6) is -0.341. The number of aromatic nitrogens is 4. The second kappa shape index (κ2) is 7.80. The topological polar surface area (TPSA) is 118 Å². The highest BCUT2D eigenvalue weighted by Crippen LogP contribution is 2.19. The van der Waals surface area contributed by atoms with Crippen LogP contribution in [0.4, 0.5) is 11.6 Å². The molecule has 0 aliphatic rings. The van der Waals surface area contributed by atoms with Gasteiger partial charge in [0.15, 0.2) is 0 Å². The maximum absolute atomic E-state index is 12.8. The molecule has 0 unspecified atom stereocenters. The molecule has 0 atom stereocenters. The van der Waals surface area contributed by atoms with Crippen molar-refractivity contribution in [1.29, 1.82) is 0 Å². The lowest BCUT2D eigenvalue weighted by molar-refractivity contribution is 0.102. The monoisotopic (exact) mass is 436 g/mol. The molecule has 158 valence electrons. The number of carbonyl (C=O) groups is 1. The third-order valence-electron chi connectivity index (χ3n) is 4.61. The van der Waals surface area contributed by atoms with E-state index in [0.29, 0.717) is 28.4 Å². The van der Waals surface area contributed by atoms with E-state index in [4.69, 9.17) is 0 Å². The molecule has 0 spiro atoms. The number of benzene rings is 1. The van der Waals surface area contributed by atoms with Crippen LogP contribution in [-0.2, 0) is 10.0 Å². The van der Waals surface area contributed by atoms with Crippen molar-refractivity contribution in [1.82, 2.24) is 19.4 Å². The van der Waals surface area contributed by atoms with Crippen molar-refractivity contribution < 1.29 is 13.2 Å². The Bertz CT molecular complexity index is 1390. The van der Waals surface area contributed by atoms with Crippen LogP contribution in [0.3, 0.4) is 0 Å². The third kappa shape index (κ3) is 4.24. The van der Waals surface area contributed by atoms with Crippen molar-refractivity contribution in [3.63, 3.8) is 0 Å². The molecule has 0 radical (unpaired) electrons. The molecule has 31 heavy (non-hydrogen) atoms. The van der Waals surface area contributed by atoms with Crippen LogP contribution >= 0.6 is 0 Å². The van der Waals surface area contributed by atoms with E-state index < -0.39 is 10.0 Å². The zero-order valence-electron chi connectivity index (χ0n) is 17.1. The summed E-state index contributed by atoms with van der Waals surface area (Å²) in [7, 11) is -3.86. The molecule has 1 aromatic carbocycles. The third-order valence-corrected chi connectivity index (χ3v) is 5.96. The van der Waals surface area contributed by atoms with Crippen molar-refractivity contribution in [2.24, 2.45) is 0 Å². The first-order valence-electron chi connectivity index (χ1n) is 9.42. The van der Waals surface area contributed by atoms with Crippen molar-refractivity contribution in [3.05, 3.63) is 77.5 Å². The lowest BCUT2D eigenvalue weighted by Gasteiger charge is -2.09. The smallest absolute Gasteiger partial charge is 0.274 e. The van der Waals surface area contributed by atoms with Crippen molar-refractivity contribution in [2.75, 3.05) is 10.0 Å². The van der Waals surface area contributed by atoms with E-state index in [1.54, 1.807) is 30.5 Å². The number of rotatable bonds is 5. The minimum Gasteiger partial charge on any atom is -0.321 e. The Balaban J connectivity index is 1.54. The summed E-state index contributed by atoms with van der Waals surface area (Å²) in [6.07, 6.45) is 3.27.